The Morgan fingerprint density at radius 2 is 0.885 bits per heavy atom. The first kappa shape index (κ1) is 55.8. The van der Waals surface area contributed by atoms with Crippen molar-refractivity contribution in [2.24, 2.45) is 80.8 Å². The van der Waals surface area contributed by atoms with Crippen LogP contribution < -0.4 is 0 Å². The van der Waals surface area contributed by atoms with E-state index in [2.05, 4.69) is 27.7 Å². The molecule has 0 aromatic heterocycles. The van der Waals surface area contributed by atoms with Crippen LogP contribution >= 0.6 is 0 Å². The summed E-state index contributed by atoms with van der Waals surface area (Å²) >= 11 is 0. The summed E-state index contributed by atoms with van der Waals surface area (Å²) in [5.74, 6) is 2.26. The van der Waals surface area contributed by atoms with Gasteiger partial charge in [0.2, 0.25) is 0 Å². The second kappa shape index (κ2) is 22.3. The highest BCUT2D eigenvalue weighted by molar-refractivity contribution is 5.90. The van der Waals surface area contributed by atoms with Crippen molar-refractivity contribution in [2.45, 2.75) is 207 Å². The van der Waals surface area contributed by atoms with Crippen LogP contribution in [0.4, 0.5) is 0 Å². The van der Waals surface area contributed by atoms with Gasteiger partial charge in [0.1, 0.15) is 35.3 Å². The largest absolute Gasteiger partial charge is 0.458 e. The van der Waals surface area contributed by atoms with E-state index in [1.807, 2.05) is 36.4 Å². The van der Waals surface area contributed by atoms with Crippen molar-refractivity contribution in [3.8, 4) is 0 Å². The lowest BCUT2D eigenvalue weighted by molar-refractivity contribution is -0.261. The molecule has 0 spiro atoms. The summed E-state index contributed by atoms with van der Waals surface area (Å²) in [6.07, 6.45) is 15.7. The normalized spacial score (nSPS) is 43.6. The Bertz CT molecular complexity index is 2360. The lowest BCUT2D eigenvalue weighted by Crippen LogP contribution is -2.63. The molecule has 424 valence electrons. The number of hydrogen-bond acceptors (Lipinski definition) is 12. The van der Waals surface area contributed by atoms with E-state index in [9.17, 15) is 28.8 Å². The summed E-state index contributed by atoms with van der Waals surface area (Å²) < 4.78 is 38.6. The molecule has 10 fully saturated rings. The zero-order valence-electron chi connectivity index (χ0n) is 47.5. The van der Waals surface area contributed by atoms with E-state index in [1.54, 1.807) is 38.1 Å². The smallest absolute Gasteiger partial charge is 0.338 e. The molecule has 0 amide bonds. The van der Waals surface area contributed by atoms with Gasteiger partial charge in [-0.1, -0.05) is 64.1 Å². The molecule has 20 atom stereocenters. The van der Waals surface area contributed by atoms with Gasteiger partial charge >= 0.3 is 11.9 Å². The molecule has 2 aromatic rings. The number of carbonyl (C=O) groups excluding carboxylic acids is 6. The lowest BCUT2D eigenvalue weighted by Gasteiger charge is -2.63. The summed E-state index contributed by atoms with van der Waals surface area (Å²) in [6, 6.07) is 18.4. The molecule has 14 unspecified atom stereocenters. The minimum absolute atomic E-state index is 0.0274. The first-order chi connectivity index (χ1) is 37.4. The number of carbonyl (C=O) groups is 6. The number of rotatable bonds is 10. The molecular weight excluding hydrogens is 985 g/mol. The fraction of sp³-hybridized carbons (Fsp3) is 0.727. The van der Waals surface area contributed by atoms with Crippen molar-refractivity contribution in [2.75, 3.05) is 13.2 Å². The zero-order valence-corrected chi connectivity index (χ0v) is 47.5. The number of fused-ring (bicyclic) bond motifs is 10. The zero-order chi connectivity index (χ0) is 54.7. The van der Waals surface area contributed by atoms with Gasteiger partial charge < -0.3 is 28.4 Å². The summed E-state index contributed by atoms with van der Waals surface area (Å²) in [5, 5.41) is 0. The van der Waals surface area contributed by atoms with Gasteiger partial charge in [0.25, 0.3) is 0 Å². The lowest BCUT2D eigenvalue weighted by atomic mass is 9.43. The fourth-order valence-corrected chi connectivity index (χ4v) is 19.7. The van der Waals surface area contributed by atoms with Crippen LogP contribution in [-0.2, 0) is 47.6 Å². The molecule has 0 radical (unpaired) electrons. The van der Waals surface area contributed by atoms with Crippen molar-refractivity contribution in [3.63, 3.8) is 0 Å². The SMILES string of the molecule is CC(=O)C1CCC2C3C[C@@H](OC(=O)c4ccccc4)[C@@H]4CC(=O)CCC4(C)C3[C@H](OC3CCCCO3)CC12C.CC(=O)C1CCC2C3C[C@@H](OC(=O)c4ccccc4)[C@@H]4CC(=O)CCC4(C)C3[C@H](OC3CCCCO3)CC12C. The van der Waals surface area contributed by atoms with E-state index in [0.29, 0.717) is 48.6 Å². The van der Waals surface area contributed by atoms with E-state index in [-0.39, 0.29) is 141 Å². The van der Waals surface area contributed by atoms with E-state index < -0.39 is 0 Å². The maximum absolute atomic E-state index is 13.3. The van der Waals surface area contributed by atoms with Crippen LogP contribution in [0.3, 0.4) is 0 Å². The van der Waals surface area contributed by atoms with Crippen LogP contribution in [0.2, 0.25) is 0 Å². The Morgan fingerprint density at radius 1 is 0.487 bits per heavy atom. The molecule has 78 heavy (non-hydrogen) atoms. The average molecular weight is 1070 g/mol. The van der Waals surface area contributed by atoms with Gasteiger partial charge in [-0.3, -0.25) is 19.2 Å². The van der Waals surface area contributed by atoms with Gasteiger partial charge in [-0.15, -0.1) is 0 Å². The molecule has 0 bridgehead atoms. The predicted molar refractivity (Wildman–Crippen MR) is 292 cm³/mol. The maximum atomic E-state index is 13.3. The molecule has 12 nitrogen and oxygen atoms in total. The van der Waals surface area contributed by atoms with Gasteiger partial charge in [0.15, 0.2) is 12.6 Å². The second-order valence-corrected chi connectivity index (χ2v) is 27.2. The first-order valence-corrected chi connectivity index (χ1v) is 30.5. The predicted octanol–water partition coefficient (Wildman–Crippen LogP) is 12.3. The molecule has 12 heteroatoms. The quantitative estimate of drug-likeness (QED) is 0.208. The summed E-state index contributed by atoms with van der Waals surface area (Å²) in [5.41, 5.74) is 0.429. The summed E-state index contributed by atoms with van der Waals surface area (Å²) in [4.78, 5) is 78.1. The molecule has 8 saturated carbocycles. The highest BCUT2D eigenvalue weighted by Crippen LogP contribution is 2.70. The second-order valence-electron chi connectivity index (χ2n) is 27.2. The van der Waals surface area contributed by atoms with Crippen molar-refractivity contribution in [1.29, 1.82) is 0 Å². The molecule has 2 heterocycles. The van der Waals surface area contributed by atoms with Crippen LogP contribution in [0.5, 0.6) is 0 Å². The molecule has 2 saturated heterocycles. The fourth-order valence-electron chi connectivity index (χ4n) is 19.7. The molecule has 8 aliphatic carbocycles. The first-order valence-electron chi connectivity index (χ1n) is 30.5. The average Bonchev–Trinajstić information content (AvgIpc) is 3.81. The molecule has 2 aromatic carbocycles. The van der Waals surface area contributed by atoms with E-state index in [0.717, 1.165) is 116 Å². The Hall–Kier alpha value is -4.10. The Balaban J connectivity index is 0.000000165. The standard InChI is InChI=1S/2C33H44O6/c2*1-20(34)24-12-13-25-23-18-27(39-31(36)21-9-5-4-6-10-21)26-17-22(35)14-15-32(26,2)30(23)28(19-33(24,25)3)38-29-11-7-8-16-37-29/h2*4-6,9-10,23-30H,7-8,11-19H2,1-3H3/t2*23?,24?,25?,26-,27+,28+,29?,30?,32?,33?/m00/s1. The Kier molecular flexibility index (Phi) is 16.0. The minimum atomic E-state index is -0.321. The third kappa shape index (κ3) is 10.2. The van der Waals surface area contributed by atoms with Gasteiger partial charge in [-0.2, -0.15) is 0 Å². The molecule has 2 aliphatic heterocycles. The topological polar surface area (TPSA) is 158 Å². The van der Waals surface area contributed by atoms with Crippen LogP contribution in [0.1, 0.15) is 191 Å². The third-order valence-corrected chi connectivity index (χ3v) is 23.2. The highest BCUT2D eigenvalue weighted by atomic mass is 16.7. The monoisotopic (exact) mass is 1070 g/mol. The van der Waals surface area contributed by atoms with Crippen LogP contribution in [0.25, 0.3) is 0 Å². The number of benzene rings is 2. The third-order valence-electron chi connectivity index (χ3n) is 23.2. The Morgan fingerprint density at radius 3 is 1.24 bits per heavy atom. The number of esters is 2. The maximum Gasteiger partial charge on any atom is 0.338 e. The highest BCUT2D eigenvalue weighted by Gasteiger charge is 2.69. The minimum Gasteiger partial charge on any atom is -0.458 e. The number of ketones is 4. The van der Waals surface area contributed by atoms with Crippen molar-refractivity contribution in [1.82, 2.24) is 0 Å². The number of Topliss-reactive ketones (excluding diaryl/α,β-unsaturated/α-hetero) is 4. The van der Waals surface area contributed by atoms with Crippen LogP contribution in [0, 0.1) is 80.8 Å². The molecule has 0 N–H and O–H groups in total. The number of ether oxygens (including phenoxy) is 6. The molecule has 10 aliphatic rings. The Labute approximate surface area is 463 Å². The van der Waals surface area contributed by atoms with Gasteiger partial charge in [-0.05, 0) is 198 Å². The molecular formula is C66H88O12. The van der Waals surface area contributed by atoms with Crippen molar-refractivity contribution in [3.05, 3.63) is 71.8 Å². The van der Waals surface area contributed by atoms with Gasteiger partial charge in [0, 0.05) is 62.6 Å². The molecule has 12 rings (SSSR count). The van der Waals surface area contributed by atoms with E-state index in [4.69, 9.17) is 28.4 Å². The van der Waals surface area contributed by atoms with Crippen molar-refractivity contribution < 1.29 is 57.2 Å². The van der Waals surface area contributed by atoms with E-state index in [1.165, 1.54) is 0 Å². The van der Waals surface area contributed by atoms with Crippen LogP contribution in [-0.4, -0.2) is 85.3 Å². The van der Waals surface area contributed by atoms with Gasteiger partial charge in [0.05, 0.1) is 23.3 Å². The van der Waals surface area contributed by atoms with Crippen LogP contribution in [0.15, 0.2) is 60.7 Å². The summed E-state index contributed by atoms with van der Waals surface area (Å²) in [6.45, 7) is 14.3. The van der Waals surface area contributed by atoms with E-state index >= 15 is 0 Å². The van der Waals surface area contributed by atoms with Crippen molar-refractivity contribution >= 4 is 35.1 Å². The number of hydrogen-bond donors (Lipinski definition) is 0. The summed E-state index contributed by atoms with van der Waals surface area (Å²) in [7, 11) is 0. The van der Waals surface area contributed by atoms with Gasteiger partial charge in [-0.25, -0.2) is 9.59 Å².